The highest BCUT2D eigenvalue weighted by Gasteiger charge is 2.19. The Bertz CT molecular complexity index is 356. The molecule has 0 atom stereocenters. The third kappa shape index (κ3) is 3.30. The zero-order chi connectivity index (χ0) is 12.8. The van der Waals surface area contributed by atoms with Gasteiger partial charge in [0.2, 0.25) is 0 Å². The molecule has 1 N–H and O–H groups in total. The van der Waals surface area contributed by atoms with Crippen LogP contribution in [0.1, 0.15) is 32.3 Å². The summed E-state index contributed by atoms with van der Waals surface area (Å²) in [5.41, 5.74) is 0.870. The first-order chi connectivity index (χ1) is 8.15. The Kier molecular flexibility index (Phi) is 5.65. The van der Waals surface area contributed by atoms with Crippen molar-refractivity contribution in [3.8, 4) is 0 Å². The maximum absolute atomic E-state index is 9.18. The molecule has 0 aliphatic carbocycles. The summed E-state index contributed by atoms with van der Waals surface area (Å²) in [6.07, 6.45) is 3.49. The van der Waals surface area contributed by atoms with Gasteiger partial charge in [0.05, 0.1) is 6.61 Å². The Morgan fingerprint density at radius 1 is 1.35 bits per heavy atom. The molecule has 96 valence electrons. The van der Waals surface area contributed by atoms with Gasteiger partial charge in [-0.15, -0.1) is 0 Å². The van der Waals surface area contributed by atoms with E-state index in [-0.39, 0.29) is 6.61 Å². The van der Waals surface area contributed by atoms with E-state index >= 15 is 0 Å². The van der Waals surface area contributed by atoms with E-state index in [0.29, 0.717) is 17.7 Å². The molecule has 1 aromatic heterocycles. The van der Waals surface area contributed by atoms with Crippen molar-refractivity contribution in [2.24, 2.45) is 0 Å². The summed E-state index contributed by atoms with van der Waals surface area (Å²) < 4.78 is 0. The van der Waals surface area contributed by atoms with Gasteiger partial charge in [-0.1, -0.05) is 25.4 Å². The number of aliphatic hydroxyl groups is 1. The largest absolute Gasteiger partial charge is 0.395 e. The molecule has 0 saturated carbocycles. The van der Waals surface area contributed by atoms with E-state index in [9.17, 15) is 5.11 Å². The average molecular weight is 258 g/mol. The van der Waals surface area contributed by atoms with Crippen LogP contribution in [0.2, 0.25) is 5.15 Å². The minimum absolute atomic E-state index is 0.109. The molecule has 1 rings (SSSR count). The second-order valence-corrected chi connectivity index (χ2v) is 4.36. The van der Waals surface area contributed by atoms with Crippen molar-refractivity contribution in [1.29, 1.82) is 0 Å². The normalized spacial score (nSPS) is 10.9. The lowest BCUT2D eigenvalue weighted by Gasteiger charge is -2.32. The summed E-state index contributed by atoms with van der Waals surface area (Å²) >= 11 is 6.01. The number of hydrogen-bond acceptors (Lipinski definition) is 4. The van der Waals surface area contributed by atoms with E-state index in [4.69, 9.17) is 11.6 Å². The molecule has 5 heteroatoms. The van der Waals surface area contributed by atoms with Crippen molar-refractivity contribution in [2.45, 2.75) is 39.7 Å². The summed E-state index contributed by atoms with van der Waals surface area (Å²) in [5, 5.41) is 9.66. The van der Waals surface area contributed by atoms with Crippen molar-refractivity contribution in [2.75, 3.05) is 18.1 Å². The topological polar surface area (TPSA) is 49.2 Å². The number of aromatic nitrogens is 2. The van der Waals surface area contributed by atoms with Crippen molar-refractivity contribution in [3.05, 3.63) is 17.0 Å². The van der Waals surface area contributed by atoms with Crippen molar-refractivity contribution in [3.63, 3.8) is 0 Å². The summed E-state index contributed by atoms with van der Waals surface area (Å²) in [6, 6.07) is 0.367. The zero-order valence-electron chi connectivity index (χ0n) is 10.6. The van der Waals surface area contributed by atoms with Crippen LogP contribution in [0.15, 0.2) is 6.33 Å². The maximum Gasteiger partial charge on any atom is 0.137 e. The fourth-order valence-corrected chi connectivity index (χ4v) is 2.14. The molecule has 0 unspecified atom stereocenters. The number of halogens is 1. The Labute approximate surface area is 108 Å². The third-order valence-electron chi connectivity index (χ3n) is 2.99. The van der Waals surface area contributed by atoms with Gasteiger partial charge in [0.25, 0.3) is 0 Å². The molecule has 1 heterocycles. The van der Waals surface area contributed by atoms with Crippen LogP contribution in [-0.4, -0.2) is 34.3 Å². The monoisotopic (exact) mass is 257 g/mol. The quantitative estimate of drug-likeness (QED) is 0.796. The van der Waals surface area contributed by atoms with Gasteiger partial charge in [0.15, 0.2) is 0 Å². The van der Waals surface area contributed by atoms with E-state index in [1.54, 1.807) is 0 Å². The highest BCUT2D eigenvalue weighted by Crippen LogP contribution is 2.25. The van der Waals surface area contributed by atoms with Crippen LogP contribution in [0.25, 0.3) is 0 Å². The van der Waals surface area contributed by atoms with Crippen LogP contribution >= 0.6 is 11.6 Å². The van der Waals surface area contributed by atoms with E-state index in [1.165, 1.54) is 6.33 Å². The highest BCUT2D eigenvalue weighted by molar-refractivity contribution is 6.30. The number of rotatable bonds is 6. The lowest BCUT2D eigenvalue weighted by atomic mass is 10.1. The van der Waals surface area contributed by atoms with Crippen molar-refractivity contribution < 1.29 is 5.11 Å². The molecule has 0 saturated heterocycles. The van der Waals surface area contributed by atoms with Crippen LogP contribution in [0, 0.1) is 6.92 Å². The van der Waals surface area contributed by atoms with Crippen LogP contribution in [0.4, 0.5) is 5.82 Å². The van der Waals surface area contributed by atoms with Gasteiger partial charge < -0.3 is 10.0 Å². The first-order valence-corrected chi connectivity index (χ1v) is 6.38. The Morgan fingerprint density at radius 3 is 2.53 bits per heavy atom. The van der Waals surface area contributed by atoms with Crippen molar-refractivity contribution in [1.82, 2.24) is 9.97 Å². The molecular formula is C12H20ClN3O. The SMILES string of the molecule is CCC(CC)N(CCO)c1ncnc(Cl)c1C. The molecular weight excluding hydrogens is 238 g/mol. The molecule has 0 amide bonds. The van der Waals surface area contributed by atoms with Gasteiger partial charge in [0.1, 0.15) is 17.3 Å². The van der Waals surface area contributed by atoms with Crippen LogP contribution in [0.5, 0.6) is 0 Å². The number of hydrogen-bond donors (Lipinski definition) is 1. The Hall–Kier alpha value is -0.870. The van der Waals surface area contributed by atoms with Gasteiger partial charge in [-0.3, -0.25) is 0 Å². The Balaban J connectivity index is 3.08. The first-order valence-electron chi connectivity index (χ1n) is 6.00. The summed E-state index contributed by atoms with van der Waals surface area (Å²) in [6.45, 7) is 6.86. The second-order valence-electron chi connectivity index (χ2n) is 4.00. The molecule has 0 aromatic carbocycles. The van der Waals surface area contributed by atoms with Gasteiger partial charge in [-0.25, -0.2) is 9.97 Å². The molecule has 0 radical (unpaired) electrons. The smallest absolute Gasteiger partial charge is 0.137 e. The van der Waals surface area contributed by atoms with E-state index in [1.807, 2.05) is 6.92 Å². The van der Waals surface area contributed by atoms with E-state index in [2.05, 4.69) is 28.7 Å². The average Bonchev–Trinajstić information content (AvgIpc) is 2.33. The molecule has 0 bridgehead atoms. The van der Waals surface area contributed by atoms with Gasteiger partial charge in [-0.2, -0.15) is 0 Å². The molecule has 0 aliphatic heterocycles. The maximum atomic E-state index is 9.18. The molecule has 0 fully saturated rings. The molecule has 0 aliphatic rings. The number of nitrogens with zero attached hydrogens (tertiary/aromatic N) is 3. The van der Waals surface area contributed by atoms with Crippen LogP contribution < -0.4 is 4.90 Å². The number of aliphatic hydroxyl groups excluding tert-OH is 1. The fourth-order valence-electron chi connectivity index (χ4n) is 2.01. The lowest BCUT2D eigenvalue weighted by molar-refractivity contribution is 0.295. The van der Waals surface area contributed by atoms with E-state index in [0.717, 1.165) is 24.2 Å². The minimum Gasteiger partial charge on any atom is -0.395 e. The highest BCUT2D eigenvalue weighted by atomic mass is 35.5. The standard InChI is InChI=1S/C12H20ClN3O/c1-4-10(5-2)16(6-7-17)12-9(3)11(13)14-8-15-12/h8,10,17H,4-7H2,1-3H3. The predicted octanol–water partition coefficient (Wildman–Crippen LogP) is 2.43. The zero-order valence-corrected chi connectivity index (χ0v) is 11.4. The first kappa shape index (κ1) is 14.2. The van der Waals surface area contributed by atoms with Crippen molar-refractivity contribution >= 4 is 17.4 Å². The third-order valence-corrected chi connectivity index (χ3v) is 3.37. The van der Waals surface area contributed by atoms with E-state index < -0.39 is 0 Å². The minimum atomic E-state index is 0.109. The summed E-state index contributed by atoms with van der Waals surface area (Å²) in [4.78, 5) is 10.4. The van der Waals surface area contributed by atoms with Crippen LogP contribution in [-0.2, 0) is 0 Å². The predicted molar refractivity (Wildman–Crippen MR) is 70.6 cm³/mol. The van der Waals surface area contributed by atoms with Crippen LogP contribution in [0.3, 0.4) is 0 Å². The molecule has 0 spiro atoms. The molecule has 4 nitrogen and oxygen atoms in total. The number of anilines is 1. The lowest BCUT2D eigenvalue weighted by Crippen LogP contribution is -2.38. The van der Waals surface area contributed by atoms with Gasteiger partial charge >= 0.3 is 0 Å². The van der Waals surface area contributed by atoms with Gasteiger partial charge in [0, 0.05) is 18.2 Å². The Morgan fingerprint density at radius 2 is 2.00 bits per heavy atom. The summed E-state index contributed by atoms with van der Waals surface area (Å²) in [7, 11) is 0. The van der Waals surface area contributed by atoms with Gasteiger partial charge in [-0.05, 0) is 19.8 Å². The molecule has 1 aromatic rings. The molecule has 17 heavy (non-hydrogen) atoms. The summed E-state index contributed by atoms with van der Waals surface area (Å²) in [5.74, 6) is 0.827. The fraction of sp³-hybridized carbons (Fsp3) is 0.667. The second kappa shape index (κ2) is 6.77.